The molecule has 0 aromatic heterocycles. The van der Waals surface area contributed by atoms with Crippen LogP contribution in [0.15, 0.2) is 0 Å². The van der Waals surface area contributed by atoms with Crippen LogP contribution in [0.3, 0.4) is 0 Å². The van der Waals surface area contributed by atoms with Crippen LogP contribution < -0.4 is 5.32 Å². The molecule has 0 aromatic carbocycles. The molecule has 2 atom stereocenters. The number of carbonyl (C=O) groups is 2. The van der Waals surface area contributed by atoms with Crippen LogP contribution in [0, 0.1) is 0 Å². The van der Waals surface area contributed by atoms with E-state index in [0.717, 1.165) is 0 Å². The number of hydrogen-bond acceptors (Lipinski definition) is 4. The minimum atomic E-state index is -1.49. The Morgan fingerprint density at radius 3 is 2.63 bits per heavy atom. The van der Waals surface area contributed by atoms with Gasteiger partial charge in [0, 0.05) is 13.1 Å². The number of aliphatic hydroxyl groups is 2. The first kappa shape index (κ1) is 15.7. The van der Waals surface area contributed by atoms with Gasteiger partial charge in [-0.3, -0.25) is 4.79 Å². The first-order chi connectivity index (χ1) is 8.61. The molecular formula is C12H22N2O5. The largest absolute Gasteiger partial charge is 0.481 e. The third-order valence-electron chi connectivity index (χ3n) is 3.11. The van der Waals surface area contributed by atoms with Crippen LogP contribution in [0.25, 0.3) is 0 Å². The Balaban J connectivity index is 2.45. The van der Waals surface area contributed by atoms with Crippen molar-refractivity contribution in [2.24, 2.45) is 0 Å². The summed E-state index contributed by atoms with van der Waals surface area (Å²) in [6.45, 7) is 3.67. The van der Waals surface area contributed by atoms with Crippen LogP contribution in [0.1, 0.15) is 33.1 Å². The Labute approximate surface area is 112 Å². The lowest BCUT2D eigenvalue weighted by Crippen LogP contribution is -2.54. The highest BCUT2D eigenvalue weighted by Crippen LogP contribution is 2.20. The van der Waals surface area contributed by atoms with Crippen LogP contribution in [-0.4, -0.2) is 63.1 Å². The first-order valence-electron chi connectivity index (χ1n) is 6.31. The Morgan fingerprint density at radius 2 is 2.11 bits per heavy atom. The van der Waals surface area contributed by atoms with Gasteiger partial charge in [0.05, 0.1) is 24.2 Å². The second kappa shape index (κ2) is 5.75. The SMILES string of the molecule is CC(O)(CNC(=O)N1CCCC(C)(O)C1)CC(=O)O. The maximum Gasteiger partial charge on any atom is 0.317 e. The third kappa shape index (κ3) is 5.44. The standard InChI is InChI=1S/C12H22N2O5/c1-11(18)4-3-5-14(8-11)10(17)13-7-12(2,19)6-9(15)16/h18-19H,3-8H2,1-2H3,(H,13,17)(H,15,16). The van der Waals surface area contributed by atoms with E-state index in [4.69, 9.17) is 5.11 Å². The highest BCUT2D eigenvalue weighted by Gasteiger charge is 2.32. The zero-order valence-corrected chi connectivity index (χ0v) is 11.3. The Morgan fingerprint density at radius 1 is 1.47 bits per heavy atom. The van der Waals surface area contributed by atoms with Crippen LogP contribution in [0.4, 0.5) is 4.79 Å². The van der Waals surface area contributed by atoms with Crippen molar-refractivity contribution in [3.05, 3.63) is 0 Å². The fraction of sp³-hybridized carbons (Fsp3) is 0.833. The molecule has 0 aliphatic carbocycles. The number of piperidine rings is 1. The number of nitrogens with one attached hydrogen (secondary N) is 1. The molecule has 19 heavy (non-hydrogen) atoms. The lowest BCUT2D eigenvalue weighted by molar-refractivity contribution is -0.141. The Bertz CT molecular complexity index is 354. The highest BCUT2D eigenvalue weighted by atomic mass is 16.4. The fourth-order valence-electron chi connectivity index (χ4n) is 2.16. The van der Waals surface area contributed by atoms with Crippen LogP contribution >= 0.6 is 0 Å². The van der Waals surface area contributed by atoms with Gasteiger partial charge in [0.25, 0.3) is 0 Å². The predicted molar refractivity (Wildman–Crippen MR) is 67.7 cm³/mol. The van der Waals surface area contributed by atoms with Crippen molar-refractivity contribution in [2.45, 2.75) is 44.3 Å². The molecule has 7 heteroatoms. The van der Waals surface area contributed by atoms with Crippen LogP contribution in [-0.2, 0) is 4.79 Å². The molecular weight excluding hydrogens is 252 g/mol. The van der Waals surface area contributed by atoms with E-state index in [1.54, 1.807) is 6.92 Å². The van der Waals surface area contributed by atoms with Gasteiger partial charge in [-0.05, 0) is 26.7 Å². The molecule has 0 bridgehead atoms. The minimum absolute atomic E-state index is 0.142. The van der Waals surface area contributed by atoms with Crippen molar-refractivity contribution in [2.75, 3.05) is 19.6 Å². The molecule has 7 nitrogen and oxygen atoms in total. The van der Waals surface area contributed by atoms with Crippen molar-refractivity contribution in [3.63, 3.8) is 0 Å². The van der Waals surface area contributed by atoms with E-state index in [-0.39, 0.29) is 13.1 Å². The van der Waals surface area contributed by atoms with Crippen LogP contribution in [0.5, 0.6) is 0 Å². The summed E-state index contributed by atoms with van der Waals surface area (Å²) in [5.74, 6) is -1.12. The van der Waals surface area contributed by atoms with Crippen LogP contribution in [0.2, 0.25) is 0 Å². The first-order valence-corrected chi connectivity index (χ1v) is 6.31. The number of urea groups is 1. The fourth-order valence-corrected chi connectivity index (χ4v) is 2.16. The predicted octanol–water partition coefficient (Wildman–Crippen LogP) is -0.231. The van der Waals surface area contributed by atoms with E-state index in [9.17, 15) is 19.8 Å². The van der Waals surface area contributed by atoms with E-state index in [0.29, 0.717) is 19.4 Å². The molecule has 110 valence electrons. The summed E-state index contributed by atoms with van der Waals surface area (Å²) >= 11 is 0. The van der Waals surface area contributed by atoms with Gasteiger partial charge in [-0.2, -0.15) is 0 Å². The van der Waals surface area contributed by atoms with E-state index >= 15 is 0 Å². The molecule has 0 radical (unpaired) electrons. The van der Waals surface area contributed by atoms with Crippen molar-refractivity contribution in [1.29, 1.82) is 0 Å². The van der Waals surface area contributed by atoms with Gasteiger partial charge in [-0.15, -0.1) is 0 Å². The lowest BCUT2D eigenvalue weighted by atomic mass is 9.95. The molecule has 1 rings (SSSR count). The molecule has 1 fully saturated rings. The summed E-state index contributed by atoms with van der Waals surface area (Å²) in [5.41, 5.74) is -2.38. The summed E-state index contributed by atoms with van der Waals surface area (Å²) in [5, 5.41) is 30.8. The molecule has 1 aliphatic heterocycles. The molecule has 0 aromatic rings. The molecule has 2 amide bonds. The lowest BCUT2D eigenvalue weighted by Gasteiger charge is -2.37. The maximum atomic E-state index is 11.9. The Hall–Kier alpha value is -1.34. The number of carboxylic acid groups (broad SMARTS) is 1. The van der Waals surface area contributed by atoms with Gasteiger partial charge >= 0.3 is 12.0 Å². The monoisotopic (exact) mass is 274 g/mol. The van der Waals surface area contributed by atoms with Crippen molar-refractivity contribution >= 4 is 12.0 Å². The number of nitrogens with zero attached hydrogens (tertiary/aromatic N) is 1. The molecule has 2 unspecified atom stereocenters. The number of rotatable bonds is 4. The van der Waals surface area contributed by atoms with Gasteiger partial charge in [-0.1, -0.05) is 0 Å². The van der Waals surface area contributed by atoms with Gasteiger partial charge in [-0.25, -0.2) is 4.79 Å². The average molecular weight is 274 g/mol. The average Bonchev–Trinajstić information content (AvgIpc) is 2.22. The summed E-state index contributed by atoms with van der Waals surface area (Å²) in [4.78, 5) is 23.9. The number of amides is 2. The molecule has 1 heterocycles. The normalized spacial score (nSPS) is 26.6. The quantitative estimate of drug-likeness (QED) is 0.566. The van der Waals surface area contributed by atoms with Gasteiger partial charge < -0.3 is 25.5 Å². The smallest absolute Gasteiger partial charge is 0.317 e. The van der Waals surface area contributed by atoms with Crippen molar-refractivity contribution in [1.82, 2.24) is 10.2 Å². The van der Waals surface area contributed by atoms with Crippen molar-refractivity contribution < 1.29 is 24.9 Å². The summed E-state index contributed by atoms with van der Waals surface area (Å²) in [7, 11) is 0. The molecule has 1 aliphatic rings. The third-order valence-corrected chi connectivity index (χ3v) is 3.11. The van der Waals surface area contributed by atoms with Gasteiger partial charge in [0.1, 0.15) is 0 Å². The number of aliphatic carboxylic acids is 1. The number of carboxylic acids is 1. The van der Waals surface area contributed by atoms with Gasteiger partial charge in [0.15, 0.2) is 0 Å². The molecule has 0 spiro atoms. The summed E-state index contributed by atoms with van der Waals surface area (Å²) < 4.78 is 0. The molecule has 4 N–H and O–H groups in total. The molecule has 1 saturated heterocycles. The Kier molecular flexibility index (Phi) is 4.75. The van der Waals surface area contributed by atoms with E-state index < -0.39 is 29.6 Å². The van der Waals surface area contributed by atoms with E-state index in [2.05, 4.69) is 5.32 Å². The topological polar surface area (TPSA) is 110 Å². The van der Waals surface area contributed by atoms with E-state index in [1.165, 1.54) is 11.8 Å². The zero-order valence-electron chi connectivity index (χ0n) is 11.3. The zero-order chi connectivity index (χ0) is 14.7. The number of likely N-dealkylation sites (tertiary alicyclic amines) is 1. The molecule has 0 saturated carbocycles. The number of β-amino-alcohol motifs (C(OH)–C–C–N with tert-alkyl or cyclic N) is 1. The number of hydrogen-bond donors (Lipinski definition) is 4. The van der Waals surface area contributed by atoms with Crippen molar-refractivity contribution in [3.8, 4) is 0 Å². The van der Waals surface area contributed by atoms with E-state index in [1.807, 2.05) is 0 Å². The second-order valence-corrected chi connectivity index (χ2v) is 5.75. The number of carbonyl (C=O) groups excluding carboxylic acids is 1. The van der Waals surface area contributed by atoms with Gasteiger partial charge in [0.2, 0.25) is 0 Å². The maximum absolute atomic E-state index is 11.9. The minimum Gasteiger partial charge on any atom is -0.481 e. The second-order valence-electron chi connectivity index (χ2n) is 5.75. The highest BCUT2D eigenvalue weighted by molar-refractivity contribution is 5.74. The summed E-state index contributed by atoms with van der Waals surface area (Å²) in [6.07, 6.45) is 0.921. The summed E-state index contributed by atoms with van der Waals surface area (Å²) in [6, 6.07) is -0.398.